The number of nitrogens with zero attached hydrogens (tertiary/aromatic N) is 2. The Balaban J connectivity index is 1.20. The molecule has 5 rings (SSSR count). The molecule has 0 radical (unpaired) electrons. The third kappa shape index (κ3) is 6.58. The van der Waals surface area contributed by atoms with Gasteiger partial charge in [0.15, 0.2) is 16.7 Å². The molecule has 0 spiro atoms. The molecule has 0 atom stereocenters. The molecule has 2 amide bonds. The summed E-state index contributed by atoms with van der Waals surface area (Å²) in [7, 11) is -3.80. The average molecular weight is 581 g/mol. The molecule has 2 aliphatic rings. The molecule has 2 fully saturated rings. The van der Waals surface area contributed by atoms with E-state index in [0.29, 0.717) is 26.9 Å². The predicted molar refractivity (Wildman–Crippen MR) is 151 cm³/mol. The fourth-order valence-electron chi connectivity index (χ4n) is 4.01. The number of rotatable bonds is 8. The van der Waals surface area contributed by atoms with Gasteiger partial charge in [-0.25, -0.2) is 14.1 Å². The van der Waals surface area contributed by atoms with E-state index in [0.717, 1.165) is 28.1 Å². The highest BCUT2D eigenvalue weighted by Crippen LogP contribution is 2.29. The van der Waals surface area contributed by atoms with E-state index in [4.69, 9.17) is 4.74 Å². The molecule has 9 nitrogen and oxygen atoms in total. The molecule has 0 saturated carbocycles. The summed E-state index contributed by atoms with van der Waals surface area (Å²) in [4.78, 5) is 28.6. The molecule has 40 heavy (non-hydrogen) atoms. The van der Waals surface area contributed by atoms with E-state index in [2.05, 4.69) is 17.2 Å². The molecule has 2 heterocycles. The summed E-state index contributed by atoms with van der Waals surface area (Å²) in [6, 6.07) is 19.2. The van der Waals surface area contributed by atoms with Gasteiger partial charge in [0.1, 0.15) is 6.61 Å². The van der Waals surface area contributed by atoms with Crippen molar-refractivity contribution in [2.24, 2.45) is 4.99 Å². The molecule has 0 bridgehead atoms. The monoisotopic (exact) mass is 580 g/mol. The summed E-state index contributed by atoms with van der Waals surface area (Å²) in [5, 5.41) is 3.05. The van der Waals surface area contributed by atoms with E-state index in [9.17, 15) is 22.4 Å². The molecular formula is C28H25FN4O5S2. The number of thioether (sulfide) groups is 1. The standard InChI is InChI=1S/C28H25FN4O5S2/c1-2-18-3-5-20(6-4-18)17-38-24-12-9-21(13-23(24)29)14-25-27(35)31-28(39-25)30-22-10-7-19(8-11-22)15-33-16-26(34)32-40(33,36)37/h3-14H,2,15-17H2,1H3,(H,32,34)(H,30,31,35)/b25-14+. The molecule has 12 heteroatoms. The van der Waals surface area contributed by atoms with E-state index in [1.807, 2.05) is 29.0 Å². The van der Waals surface area contributed by atoms with Crippen molar-refractivity contribution in [1.29, 1.82) is 0 Å². The zero-order valence-corrected chi connectivity index (χ0v) is 23.0. The Morgan fingerprint density at radius 2 is 1.73 bits per heavy atom. The van der Waals surface area contributed by atoms with Crippen molar-refractivity contribution < 1.29 is 27.1 Å². The second kappa shape index (κ2) is 11.6. The van der Waals surface area contributed by atoms with Gasteiger partial charge in [0, 0.05) is 6.54 Å². The third-order valence-electron chi connectivity index (χ3n) is 6.16. The normalized spacial score (nSPS) is 18.8. The molecule has 206 valence electrons. The Labute approximate surface area is 235 Å². The quantitative estimate of drug-likeness (QED) is 0.389. The van der Waals surface area contributed by atoms with Crippen LogP contribution in [0, 0.1) is 5.82 Å². The lowest BCUT2D eigenvalue weighted by molar-refractivity contribution is -0.118. The Morgan fingerprint density at radius 1 is 1.02 bits per heavy atom. The van der Waals surface area contributed by atoms with Crippen LogP contribution in [0.15, 0.2) is 76.6 Å². The minimum atomic E-state index is -3.80. The number of amidine groups is 1. The van der Waals surface area contributed by atoms with Crippen LogP contribution in [-0.2, 0) is 39.4 Å². The first-order chi connectivity index (χ1) is 19.2. The minimum Gasteiger partial charge on any atom is -0.486 e. The second-order valence-corrected chi connectivity index (χ2v) is 11.8. The van der Waals surface area contributed by atoms with E-state index in [-0.39, 0.29) is 31.4 Å². The highest BCUT2D eigenvalue weighted by molar-refractivity contribution is 8.18. The van der Waals surface area contributed by atoms with E-state index < -0.39 is 21.9 Å². The van der Waals surface area contributed by atoms with Crippen molar-refractivity contribution in [3.8, 4) is 5.75 Å². The molecule has 2 aliphatic heterocycles. The van der Waals surface area contributed by atoms with Gasteiger partial charge in [0.05, 0.1) is 17.1 Å². The molecule has 2 N–H and O–H groups in total. The third-order valence-corrected chi connectivity index (χ3v) is 8.49. The van der Waals surface area contributed by atoms with Gasteiger partial charge in [-0.05, 0) is 70.8 Å². The summed E-state index contributed by atoms with van der Waals surface area (Å²) in [5.74, 6) is -1.32. The Kier molecular flexibility index (Phi) is 8.01. The molecule has 0 unspecified atom stereocenters. The minimum absolute atomic E-state index is 0.0444. The van der Waals surface area contributed by atoms with Crippen molar-refractivity contribution in [2.75, 3.05) is 6.54 Å². The van der Waals surface area contributed by atoms with Crippen LogP contribution in [0.1, 0.15) is 29.2 Å². The molecular weight excluding hydrogens is 555 g/mol. The van der Waals surface area contributed by atoms with Crippen LogP contribution < -0.4 is 14.8 Å². The largest absolute Gasteiger partial charge is 0.486 e. The Morgan fingerprint density at radius 3 is 2.38 bits per heavy atom. The van der Waals surface area contributed by atoms with Crippen LogP contribution >= 0.6 is 11.8 Å². The zero-order chi connectivity index (χ0) is 28.3. The number of aliphatic imine (C=N–C) groups is 1. The second-order valence-electron chi connectivity index (χ2n) is 9.10. The summed E-state index contributed by atoms with van der Waals surface area (Å²) in [6.07, 6.45) is 2.52. The van der Waals surface area contributed by atoms with Crippen LogP contribution in [0.5, 0.6) is 5.75 Å². The average Bonchev–Trinajstić information content (AvgIpc) is 3.40. The fraction of sp³-hybridized carbons (Fsp3) is 0.179. The summed E-state index contributed by atoms with van der Waals surface area (Å²) >= 11 is 1.12. The summed E-state index contributed by atoms with van der Waals surface area (Å²) in [6.45, 7) is 2.14. The first-order valence-corrected chi connectivity index (χ1v) is 14.6. The van der Waals surface area contributed by atoms with Crippen LogP contribution in [0.4, 0.5) is 10.1 Å². The maximum Gasteiger partial charge on any atom is 0.304 e. The molecule has 0 aromatic heterocycles. The first kappa shape index (κ1) is 27.6. The van der Waals surface area contributed by atoms with Crippen molar-refractivity contribution in [2.45, 2.75) is 26.5 Å². The number of aryl methyl sites for hydroxylation is 1. The topological polar surface area (TPSA) is 117 Å². The van der Waals surface area contributed by atoms with Crippen molar-refractivity contribution in [3.63, 3.8) is 0 Å². The molecule has 2 saturated heterocycles. The van der Waals surface area contributed by atoms with Gasteiger partial charge in [0.2, 0.25) is 5.91 Å². The van der Waals surface area contributed by atoms with E-state index in [1.165, 1.54) is 17.7 Å². The fourth-order valence-corrected chi connectivity index (χ4v) is 5.94. The number of carbonyl (C=O) groups excluding carboxylic acids is 2. The number of benzene rings is 3. The number of amides is 2. The van der Waals surface area contributed by atoms with E-state index in [1.54, 1.807) is 36.4 Å². The van der Waals surface area contributed by atoms with E-state index >= 15 is 0 Å². The van der Waals surface area contributed by atoms with Gasteiger partial charge in [-0.2, -0.15) is 12.7 Å². The van der Waals surface area contributed by atoms with Crippen LogP contribution in [0.3, 0.4) is 0 Å². The van der Waals surface area contributed by atoms with Gasteiger partial charge in [-0.3, -0.25) is 9.59 Å². The lowest BCUT2D eigenvalue weighted by Gasteiger charge is -2.12. The molecule has 3 aromatic rings. The molecule has 3 aromatic carbocycles. The molecule has 0 aliphatic carbocycles. The van der Waals surface area contributed by atoms with Crippen molar-refractivity contribution in [1.82, 2.24) is 14.3 Å². The van der Waals surface area contributed by atoms with Crippen molar-refractivity contribution in [3.05, 3.63) is 99.7 Å². The summed E-state index contributed by atoms with van der Waals surface area (Å²) in [5.41, 5.74) is 3.89. The van der Waals surface area contributed by atoms with Crippen LogP contribution in [0.25, 0.3) is 6.08 Å². The highest BCUT2D eigenvalue weighted by Gasteiger charge is 2.33. The van der Waals surface area contributed by atoms with Gasteiger partial charge in [0.25, 0.3) is 5.91 Å². The lowest BCUT2D eigenvalue weighted by Crippen LogP contribution is -2.29. The summed E-state index contributed by atoms with van der Waals surface area (Å²) < 4.78 is 47.1. The van der Waals surface area contributed by atoms with Crippen LogP contribution in [0.2, 0.25) is 0 Å². The van der Waals surface area contributed by atoms with Gasteiger partial charge in [-0.15, -0.1) is 0 Å². The van der Waals surface area contributed by atoms with Crippen LogP contribution in [-0.4, -0.2) is 36.2 Å². The van der Waals surface area contributed by atoms with Gasteiger partial charge >= 0.3 is 10.2 Å². The number of hydrogen-bond acceptors (Lipinski definition) is 7. The Hall–Kier alpha value is -4.00. The SMILES string of the molecule is CCc1ccc(COc2ccc(/C=C3/SC(=Nc4ccc(CN5CC(=O)NS5(=O)=O)cc4)NC3=O)cc2F)cc1. The van der Waals surface area contributed by atoms with Gasteiger partial charge < -0.3 is 10.1 Å². The zero-order valence-electron chi connectivity index (χ0n) is 21.4. The Bertz CT molecular complexity index is 1620. The van der Waals surface area contributed by atoms with Crippen molar-refractivity contribution >= 4 is 50.7 Å². The van der Waals surface area contributed by atoms with Gasteiger partial charge in [-0.1, -0.05) is 49.4 Å². The number of ether oxygens (including phenoxy) is 1. The number of halogens is 1. The maximum atomic E-state index is 14.7. The number of nitrogens with one attached hydrogen (secondary N) is 2. The predicted octanol–water partition coefficient (Wildman–Crippen LogP) is 4.04. The highest BCUT2D eigenvalue weighted by atomic mass is 32.2. The maximum absolute atomic E-state index is 14.7. The number of hydrogen-bond donors (Lipinski definition) is 2. The first-order valence-electron chi connectivity index (χ1n) is 12.4. The smallest absolute Gasteiger partial charge is 0.304 e. The number of carbonyl (C=O) groups is 2. The lowest BCUT2D eigenvalue weighted by atomic mass is 10.1.